The Balaban J connectivity index is 2.85. The minimum absolute atomic E-state index is 0.0416. The standard InChI is InChI=1S/C9H7Cl2NO/c10-6-1-2-7-8(9(6)11)5(4-13)3-12-7/h1-3,12-13H,4H2. The Morgan fingerprint density at radius 2 is 2.08 bits per heavy atom. The topological polar surface area (TPSA) is 36.0 Å². The number of aromatic nitrogens is 1. The van der Waals surface area contributed by atoms with E-state index in [1.54, 1.807) is 12.3 Å². The van der Waals surface area contributed by atoms with Gasteiger partial charge in [-0.25, -0.2) is 0 Å². The van der Waals surface area contributed by atoms with Gasteiger partial charge in [-0.2, -0.15) is 0 Å². The highest BCUT2D eigenvalue weighted by Gasteiger charge is 2.09. The number of aliphatic hydroxyl groups is 1. The van der Waals surface area contributed by atoms with E-state index in [1.807, 2.05) is 6.07 Å². The van der Waals surface area contributed by atoms with Crippen LogP contribution in [0.15, 0.2) is 18.3 Å². The van der Waals surface area contributed by atoms with Gasteiger partial charge in [0.1, 0.15) is 0 Å². The predicted molar refractivity (Wildman–Crippen MR) is 54.2 cm³/mol. The number of aliphatic hydroxyl groups excluding tert-OH is 1. The van der Waals surface area contributed by atoms with Crippen LogP contribution < -0.4 is 0 Å². The fourth-order valence-electron chi connectivity index (χ4n) is 1.35. The molecule has 0 radical (unpaired) electrons. The molecule has 2 nitrogen and oxygen atoms in total. The number of hydrogen-bond donors (Lipinski definition) is 2. The molecule has 2 N–H and O–H groups in total. The first-order valence-corrected chi connectivity index (χ1v) is 4.54. The average Bonchev–Trinajstić information content (AvgIpc) is 2.55. The highest BCUT2D eigenvalue weighted by Crippen LogP contribution is 2.32. The van der Waals surface area contributed by atoms with E-state index in [0.29, 0.717) is 10.0 Å². The Bertz CT molecular complexity index is 450. The van der Waals surface area contributed by atoms with E-state index in [1.165, 1.54) is 0 Å². The largest absolute Gasteiger partial charge is 0.392 e. The molecule has 0 aliphatic carbocycles. The Morgan fingerprint density at radius 1 is 1.31 bits per heavy atom. The van der Waals surface area contributed by atoms with Gasteiger partial charge >= 0.3 is 0 Å². The third-order valence-corrected chi connectivity index (χ3v) is 2.79. The molecule has 0 fully saturated rings. The van der Waals surface area contributed by atoms with Crippen molar-refractivity contribution in [1.29, 1.82) is 0 Å². The first-order chi connectivity index (χ1) is 6.24. The molecule has 0 saturated heterocycles. The zero-order valence-electron chi connectivity index (χ0n) is 6.64. The lowest BCUT2D eigenvalue weighted by atomic mass is 10.2. The summed E-state index contributed by atoms with van der Waals surface area (Å²) in [5.74, 6) is 0. The molecule has 0 atom stereocenters. The van der Waals surface area contributed by atoms with Crippen molar-refractivity contribution in [2.24, 2.45) is 0 Å². The van der Waals surface area contributed by atoms with Gasteiger partial charge in [-0.05, 0) is 12.1 Å². The van der Waals surface area contributed by atoms with Gasteiger partial charge in [0.25, 0.3) is 0 Å². The van der Waals surface area contributed by atoms with E-state index in [-0.39, 0.29) is 6.61 Å². The second-order valence-electron chi connectivity index (χ2n) is 2.76. The summed E-state index contributed by atoms with van der Waals surface area (Å²) in [4.78, 5) is 3.00. The maximum atomic E-state index is 9.02. The molecule has 68 valence electrons. The van der Waals surface area contributed by atoms with Crippen molar-refractivity contribution < 1.29 is 5.11 Å². The van der Waals surface area contributed by atoms with E-state index in [9.17, 15) is 0 Å². The van der Waals surface area contributed by atoms with Gasteiger partial charge in [0.2, 0.25) is 0 Å². The van der Waals surface area contributed by atoms with Crippen molar-refractivity contribution >= 4 is 34.1 Å². The lowest BCUT2D eigenvalue weighted by Gasteiger charge is -1.99. The molecule has 0 bridgehead atoms. The van der Waals surface area contributed by atoms with Crippen LogP contribution in [-0.4, -0.2) is 10.1 Å². The summed E-state index contributed by atoms with van der Waals surface area (Å²) in [6.07, 6.45) is 1.73. The monoisotopic (exact) mass is 215 g/mol. The third-order valence-electron chi connectivity index (χ3n) is 1.99. The molecule has 2 rings (SSSR count). The van der Waals surface area contributed by atoms with E-state index in [4.69, 9.17) is 28.3 Å². The maximum absolute atomic E-state index is 9.02. The summed E-state index contributed by atoms with van der Waals surface area (Å²) >= 11 is 11.8. The van der Waals surface area contributed by atoms with Crippen molar-refractivity contribution in [3.63, 3.8) is 0 Å². The number of nitrogens with one attached hydrogen (secondary N) is 1. The number of hydrogen-bond acceptors (Lipinski definition) is 1. The van der Waals surface area contributed by atoms with Crippen LogP contribution in [0.25, 0.3) is 10.9 Å². The molecular weight excluding hydrogens is 209 g/mol. The molecule has 0 amide bonds. The van der Waals surface area contributed by atoms with Gasteiger partial charge in [-0.1, -0.05) is 23.2 Å². The summed E-state index contributed by atoms with van der Waals surface area (Å²) < 4.78 is 0. The summed E-state index contributed by atoms with van der Waals surface area (Å²) in [5.41, 5.74) is 1.65. The number of halogens is 2. The molecule has 1 heterocycles. The van der Waals surface area contributed by atoms with Gasteiger partial charge in [-0.3, -0.25) is 0 Å². The SMILES string of the molecule is OCc1c[nH]c2ccc(Cl)c(Cl)c12. The second kappa shape index (κ2) is 3.22. The molecule has 1 aromatic heterocycles. The Labute approximate surface area is 85.1 Å². The molecule has 2 aromatic rings. The Morgan fingerprint density at radius 3 is 2.77 bits per heavy atom. The lowest BCUT2D eigenvalue weighted by Crippen LogP contribution is -1.80. The maximum Gasteiger partial charge on any atom is 0.0703 e. The van der Waals surface area contributed by atoms with Crippen LogP contribution in [0.1, 0.15) is 5.56 Å². The molecule has 0 aliphatic rings. The van der Waals surface area contributed by atoms with Gasteiger partial charge in [0.15, 0.2) is 0 Å². The van der Waals surface area contributed by atoms with E-state index >= 15 is 0 Å². The van der Waals surface area contributed by atoms with E-state index < -0.39 is 0 Å². The number of aromatic amines is 1. The summed E-state index contributed by atoms with van der Waals surface area (Å²) in [6, 6.07) is 3.56. The molecule has 0 aliphatic heterocycles. The first-order valence-electron chi connectivity index (χ1n) is 3.79. The van der Waals surface area contributed by atoms with Crippen LogP contribution in [-0.2, 0) is 6.61 Å². The quantitative estimate of drug-likeness (QED) is 0.755. The van der Waals surface area contributed by atoms with Crippen molar-refractivity contribution in [1.82, 2.24) is 4.98 Å². The van der Waals surface area contributed by atoms with Crippen LogP contribution in [0.3, 0.4) is 0 Å². The van der Waals surface area contributed by atoms with E-state index in [2.05, 4.69) is 4.98 Å². The van der Waals surface area contributed by atoms with Gasteiger partial charge in [0.05, 0.1) is 16.7 Å². The highest BCUT2D eigenvalue weighted by molar-refractivity contribution is 6.45. The fourth-order valence-corrected chi connectivity index (χ4v) is 1.79. The zero-order valence-corrected chi connectivity index (χ0v) is 8.15. The lowest BCUT2D eigenvalue weighted by molar-refractivity contribution is 0.283. The van der Waals surface area contributed by atoms with Crippen molar-refractivity contribution in [3.8, 4) is 0 Å². The molecular formula is C9H7Cl2NO. The van der Waals surface area contributed by atoms with Gasteiger partial charge in [0, 0.05) is 22.7 Å². The van der Waals surface area contributed by atoms with Gasteiger partial charge in [-0.15, -0.1) is 0 Å². The van der Waals surface area contributed by atoms with Crippen LogP contribution in [0.4, 0.5) is 0 Å². The number of rotatable bonds is 1. The third kappa shape index (κ3) is 1.31. The number of H-pyrrole nitrogens is 1. The number of fused-ring (bicyclic) bond motifs is 1. The molecule has 0 saturated carbocycles. The van der Waals surface area contributed by atoms with Crippen molar-refractivity contribution in [3.05, 3.63) is 33.9 Å². The average molecular weight is 216 g/mol. The normalized spacial score (nSPS) is 11.0. The van der Waals surface area contributed by atoms with Crippen LogP contribution in [0.5, 0.6) is 0 Å². The molecule has 4 heteroatoms. The number of benzene rings is 1. The smallest absolute Gasteiger partial charge is 0.0703 e. The zero-order chi connectivity index (χ0) is 9.42. The van der Waals surface area contributed by atoms with Crippen molar-refractivity contribution in [2.45, 2.75) is 6.61 Å². The molecule has 0 spiro atoms. The second-order valence-corrected chi connectivity index (χ2v) is 3.54. The van der Waals surface area contributed by atoms with E-state index in [0.717, 1.165) is 16.5 Å². The summed E-state index contributed by atoms with van der Waals surface area (Å²) in [5, 5.41) is 10.8. The van der Waals surface area contributed by atoms with Crippen LogP contribution in [0.2, 0.25) is 10.0 Å². The highest BCUT2D eigenvalue weighted by atomic mass is 35.5. The predicted octanol–water partition coefficient (Wildman–Crippen LogP) is 2.97. The van der Waals surface area contributed by atoms with Crippen LogP contribution >= 0.6 is 23.2 Å². The Kier molecular flexibility index (Phi) is 2.20. The van der Waals surface area contributed by atoms with Crippen LogP contribution in [0, 0.1) is 0 Å². The fraction of sp³-hybridized carbons (Fsp3) is 0.111. The van der Waals surface area contributed by atoms with Crippen molar-refractivity contribution in [2.75, 3.05) is 0 Å². The summed E-state index contributed by atoms with van der Waals surface area (Å²) in [7, 11) is 0. The van der Waals surface area contributed by atoms with Gasteiger partial charge < -0.3 is 10.1 Å². The summed E-state index contributed by atoms with van der Waals surface area (Å²) in [6.45, 7) is -0.0416. The minimum Gasteiger partial charge on any atom is -0.392 e. The Hall–Kier alpha value is -0.700. The first kappa shape index (κ1) is 8.88. The molecule has 1 aromatic carbocycles. The minimum atomic E-state index is -0.0416. The molecule has 0 unspecified atom stereocenters. The molecule has 13 heavy (non-hydrogen) atoms.